The first kappa shape index (κ1) is 15.3. The molecule has 0 bridgehead atoms. The Morgan fingerprint density at radius 3 is 2.71 bits per heavy atom. The molecule has 2 aliphatic heterocycles. The Hall–Kier alpha value is -2.27. The topological polar surface area (TPSA) is 74.2 Å². The minimum Gasteiger partial charge on any atom is -0.371 e. The first-order chi connectivity index (χ1) is 11.7. The number of fused-ring (bicyclic) bond motifs is 1. The van der Waals surface area contributed by atoms with Crippen molar-refractivity contribution < 1.29 is 4.79 Å². The fourth-order valence-corrected chi connectivity index (χ4v) is 3.86. The molecular formula is C19H24N4O. The molecule has 2 aromatic rings. The van der Waals surface area contributed by atoms with Crippen LogP contribution in [0.3, 0.4) is 0 Å². The van der Waals surface area contributed by atoms with Crippen molar-refractivity contribution in [2.45, 2.75) is 25.7 Å². The van der Waals surface area contributed by atoms with E-state index in [2.05, 4.69) is 33.4 Å². The molecule has 1 aromatic heterocycles. The lowest BCUT2D eigenvalue weighted by molar-refractivity contribution is 0.100. The number of benzene rings is 1. The minimum atomic E-state index is -0.377. The third-order valence-corrected chi connectivity index (χ3v) is 5.14. The van der Waals surface area contributed by atoms with Gasteiger partial charge < -0.3 is 20.9 Å². The van der Waals surface area contributed by atoms with E-state index in [4.69, 9.17) is 5.73 Å². The van der Waals surface area contributed by atoms with E-state index in [-0.39, 0.29) is 5.91 Å². The molecule has 0 atom stereocenters. The van der Waals surface area contributed by atoms with Gasteiger partial charge >= 0.3 is 0 Å². The number of carbonyl (C=O) groups excluding carboxylic acids is 1. The van der Waals surface area contributed by atoms with E-state index in [1.807, 2.05) is 6.07 Å². The van der Waals surface area contributed by atoms with Gasteiger partial charge in [-0.2, -0.15) is 0 Å². The van der Waals surface area contributed by atoms with Crippen LogP contribution in [-0.4, -0.2) is 37.1 Å². The van der Waals surface area contributed by atoms with Crippen molar-refractivity contribution in [2.75, 3.05) is 31.1 Å². The number of H-pyrrole nitrogens is 1. The van der Waals surface area contributed by atoms with E-state index in [9.17, 15) is 4.79 Å². The van der Waals surface area contributed by atoms with E-state index in [0.717, 1.165) is 49.2 Å². The van der Waals surface area contributed by atoms with Crippen molar-refractivity contribution >= 4 is 28.1 Å². The number of aromatic amines is 1. The van der Waals surface area contributed by atoms with Gasteiger partial charge in [-0.1, -0.05) is 6.08 Å². The molecule has 0 radical (unpaired) electrons. The number of primary amides is 1. The molecule has 126 valence electrons. The number of anilines is 1. The van der Waals surface area contributed by atoms with Gasteiger partial charge in [-0.3, -0.25) is 4.79 Å². The average Bonchev–Trinajstić information content (AvgIpc) is 3.07. The van der Waals surface area contributed by atoms with E-state index in [1.54, 1.807) is 0 Å². The summed E-state index contributed by atoms with van der Waals surface area (Å²) >= 11 is 0. The quantitative estimate of drug-likeness (QED) is 0.812. The van der Waals surface area contributed by atoms with E-state index >= 15 is 0 Å². The van der Waals surface area contributed by atoms with Crippen molar-refractivity contribution in [3.05, 3.63) is 35.5 Å². The Labute approximate surface area is 141 Å². The standard InChI is InChI=1S/C19H24N4O/c20-19(24)14-4-5-17(23-10-2-1-3-11-23)15-12-16(22-18(14)15)13-6-8-21-9-7-13/h4-6,12,21-22H,1-3,7-11H2,(H2,20,24). The second kappa shape index (κ2) is 6.32. The van der Waals surface area contributed by atoms with Gasteiger partial charge in [0.05, 0.1) is 11.1 Å². The van der Waals surface area contributed by atoms with Crippen LogP contribution in [0.5, 0.6) is 0 Å². The molecule has 0 saturated carbocycles. The fourth-order valence-electron chi connectivity index (χ4n) is 3.86. The molecule has 24 heavy (non-hydrogen) atoms. The summed E-state index contributed by atoms with van der Waals surface area (Å²) in [7, 11) is 0. The monoisotopic (exact) mass is 324 g/mol. The van der Waals surface area contributed by atoms with E-state index in [1.165, 1.54) is 30.5 Å². The zero-order chi connectivity index (χ0) is 16.5. The number of amides is 1. The van der Waals surface area contributed by atoms with Gasteiger partial charge in [0.2, 0.25) is 0 Å². The second-order valence-corrected chi connectivity index (χ2v) is 6.70. The summed E-state index contributed by atoms with van der Waals surface area (Å²) in [6.07, 6.45) is 6.98. The van der Waals surface area contributed by atoms with Crippen LogP contribution in [0.1, 0.15) is 41.7 Å². The van der Waals surface area contributed by atoms with Crippen LogP contribution < -0.4 is 16.0 Å². The van der Waals surface area contributed by atoms with Gasteiger partial charge in [-0.25, -0.2) is 0 Å². The molecule has 0 unspecified atom stereocenters. The third-order valence-electron chi connectivity index (χ3n) is 5.14. The van der Waals surface area contributed by atoms with Gasteiger partial charge in [-0.05, 0) is 56.0 Å². The number of hydrogen-bond donors (Lipinski definition) is 3. The Balaban J connectivity index is 1.85. The highest BCUT2D eigenvalue weighted by Gasteiger charge is 2.19. The number of carbonyl (C=O) groups is 1. The van der Waals surface area contributed by atoms with Crippen molar-refractivity contribution in [1.82, 2.24) is 10.3 Å². The van der Waals surface area contributed by atoms with Gasteiger partial charge in [-0.15, -0.1) is 0 Å². The third kappa shape index (κ3) is 2.69. The molecule has 1 amide bonds. The van der Waals surface area contributed by atoms with Crippen molar-refractivity contribution in [3.8, 4) is 0 Å². The maximum atomic E-state index is 11.9. The summed E-state index contributed by atoms with van der Waals surface area (Å²) in [6.45, 7) is 4.05. The van der Waals surface area contributed by atoms with Crippen molar-refractivity contribution in [1.29, 1.82) is 0 Å². The van der Waals surface area contributed by atoms with Crippen LogP contribution in [0.2, 0.25) is 0 Å². The summed E-state index contributed by atoms with van der Waals surface area (Å²) in [4.78, 5) is 17.8. The van der Waals surface area contributed by atoms with Crippen LogP contribution in [0, 0.1) is 0 Å². The Morgan fingerprint density at radius 1 is 1.17 bits per heavy atom. The fraction of sp³-hybridized carbons (Fsp3) is 0.421. The summed E-state index contributed by atoms with van der Waals surface area (Å²) in [5, 5.41) is 4.45. The lowest BCUT2D eigenvalue weighted by Gasteiger charge is -2.29. The normalized spacial score (nSPS) is 18.7. The molecule has 5 nitrogen and oxygen atoms in total. The number of rotatable bonds is 3. The van der Waals surface area contributed by atoms with Crippen LogP contribution >= 0.6 is 0 Å². The molecule has 0 aliphatic carbocycles. The lowest BCUT2D eigenvalue weighted by Crippen LogP contribution is -2.29. The van der Waals surface area contributed by atoms with Crippen molar-refractivity contribution in [2.24, 2.45) is 5.73 Å². The zero-order valence-electron chi connectivity index (χ0n) is 13.9. The maximum absolute atomic E-state index is 11.9. The molecule has 1 fully saturated rings. The van der Waals surface area contributed by atoms with E-state index in [0.29, 0.717) is 5.56 Å². The number of piperidine rings is 1. The van der Waals surface area contributed by atoms with Crippen molar-refractivity contribution in [3.63, 3.8) is 0 Å². The number of nitrogens with zero attached hydrogens (tertiary/aromatic N) is 1. The molecule has 3 heterocycles. The van der Waals surface area contributed by atoms with Gasteiger partial charge in [0, 0.05) is 36.4 Å². The summed E-state index contributed by atoms with van der Waals surface area (Å²) in [5.74, 6) is -0.377. The predicted molar refractivity (Wildman–Crippen MR) is 98.3 cm³/mol. The minimum absolute atomic E-state index is 0.377. The molecular weight excluding hydrogens is 300 g/mol. The molecule has 5 heteroatoms. The highest BCUT2D eigenvalue weighted by molar-refractivity contribution is 6.09. The smallest absolute Gasteiger partial charge is 0.250 e. The number of aromatic nitrogens is 1. The first-order valence-electron chi connectivity index (χ1n) is 8.84. The molecule has 4 N–H and O–H groups in total. The number of nitrogens with one attached hydrogen (secondary N) is 2. The molecule has 1 aromatic carbocycles. The van der Waals surface area contributed by atoms with E-state index < -0.39 is 0 Å². The molecule has 0 spiro atoms. The lowest BCUT2D eigenvalue weighted by atomic mass is 10.0. The predicted octanol–water partition coefficient (Wildman–Crippen LogP) is 2.63. The first-order valence-corrected chi connectivity index (χ1v) is 8.84. The summed E-state index contributed by atoms with van der Waals surface area (Å²) in [6, 6.07) is 6.12. The Bertz CT molecular complexity index is 799. The molecule has 4 rings (SSSR count). The zero-order valence-corrected chi connectivity index (χ0v) is 13.9. The summed E-state index contributed by atoms with van der Waals surface area (Å²) in [5.41, 5.74) is 10.7. The van der Waals surface area contributed by atoms with Crippen LogP contribution in [-0.2, 0) is 0 Å². The van der Waals surface area contributed by atoms with Gasteiger partial charge in [0.1, 0.15) is 0 Å². The Kier molecular flexibility index (Phi) is 4.02. The Morgan fingerprint density at radius 2 is 2.00 bits per heavy atom. The van der Waals surface area contributed by atoms with Crippen LogP contribution in [0.25, 0.3) is 16.5 Å². The van der Waals surface area contributed by atoms with Gasteiger partial charge in [0.25, 0.3) is 5.91 Å². The highest BCUT2D eigenvalue weighted by atomic mass is 16.1. The molecule has 2 aliphatic rings. The highest BCUT2D eigenvalue weighted by Crippen LogP contribution is 2.34. The molecule has 1 saturated heterocycles. The maximum Gasteiger partial charge on any atom is 0.250 e. The van der Waals surface area contributed by atoms with Crippen LogP contribution in [0.15, 0.2) is 24.3 Å². The van der Waals surface area contributed by atoms with Gasteiger partial charge in [0.15, 0.2) is 0 Å². The number of hydrogen-bond acceptors (Lipinski definition) is 3. The summed E-state index contributed by atoms with van der Waals surface area (Å²) < 4.78 is 0. The SMILES string of the molecule is NC(=O)c1ccc(N2CCCCC2)c2cc(C3=CCNCC3)[nH]c12. The number of nitrogens with two attached hydrogens (primary N) is 1. The second-order valence-electron chi connectivity index (χ2n) is 6.70. The van der Waals surface area contributed by atoms with Crippen LogP contribution in [0.4, 0.5) is 5.69 Å². The average molecular weight is 324 g/mol. The largest absolute Gasteiger partial charge is 0.371 e.